The van der Waals surface area contributed by atoms with Gasteiger partial charge in [-0.3, -0.25) is 4.40 Å². The molecule has 5 nitrogen and oxygen atoms in total. The normalized spacial score (nSPS) is 11.9. The van der Waals surface area contributed by atoms with Crippen LogP contribution in [0.4, 0.5) is 29.1 Å². The summed E-state index contributed by atoms with van der Waals surface area (Å²) < 4.78 is 56.1. The molecule has 0 amide bonds. The van der Waals surface area contributed by atoms with Crippen LogP contribution < -0.4 is 10.1 Å². The second-order valence-electron chi connectivity index (χ2n) is 5.65. The molecule has 0 radical (unpaired) electrons. The summed E-state index contributed by atoms with van der Waals surface area (Å²) in [4.78, 5) is 8.60. The summed E-state index contributed by atoms with van der Waals surface area (Å²) in [5.74, 6) is -1.89. The summed E-state index contributed by atoms with van der Waals surface area (Å²) in [5.41, 5.74) is 1.55. The van der Waals surface area contributed by atoms with Gasteiger partial charge in [0.1, 0.15) is 0 Å². The lowest BCUT2D eigenvalue weighted by Crippen LogP contribution is -2.18. The van der Waals surface area contributed by atoms with Crippen molar-refractivity contribution in [2.24, 2.45) is 0 Å². The standard InChI is InChI=1S/C17H8Cl2F4N4O/c18-8-5-10(19)14-12(6-8)26-15(16-24-3-4-27(14)16)25-9-1-2-13(11(20)7-9)28-17(21,22)23/h1-7H,(H,25,26). The lowest BCUT2D eigenvalue weighted by molar-refractivity contribution is -0.275. The number of nitrogens with zero attached hydrogens (tertiary/aromatic N) is 3. The minimum Gasteiger partial charge on any atom is -0.403 e. The second kappa shape index (κ2) is 6.68. The molecule has 0 atom stereocenters. The van der Waals surface area contributed by atoms with E-state index in [4.69, 9.17) is 23.2 Å². The molecule has 2 aromatic carbocycles. The molecule has 2 heterocycles. The monoisotopic (exact) mass is 430 g/mol. The quantitative estimate of drug-likeness (QED) is 0.406. The minimum absolute atomic E-state index is 0.150. The number of hydrogen-bond acceptors (Lipinski definition) is 4. The van der Waals surface area contributed by atoms with Gasteiger partial charge in [0.25, 0.3) is 0 Å². The van der Waals surface area contributed by atoms with Gasteiger partial charge >= 0.3 is 6.36 Å². The number of anilines is 2. The largest absolute Gasteiger partial charge is 0.573 e. The number of nitrogens with one attached hydrogen (secondary N) is 1. The Balaban J connectivity index is 1.77. The van der Waals surface area contributed by atoms with E-state index in [-0.39, 0.29) is 11.5 Å². The van der Waals surface area contributed by atoms with Crippen LogP contribution in [0.5, 0.6) is 5.75 Å². The van der Waals surface area contributed by atoms with Crippen molar-refractivity contribution in [3.63, 3.8) is 0 Å². The number of halogens is 6. The van der Waals surface area contributed by atoms with E-state index in [1.807, 2.05) is 0 Å². The number of alkyl halides is 3. The molecule has 4 rings (SSSR count). The smallest absolute Gasteiger partial charge is 0.403 e. The van der Waals surface area contributed by atoms with Gasteiger partial charge in [-0.15, -0.1) is 13.2 Å². The Morgan fingerprint density at radius 2 is 1.89 bits per heavy atom. The predicted molar refractivity (Wildman–Crippen MR) is 96.9 cm³/mol. The fourth-order valence-electron chi connectivity index (χ4n) is 2.71. The summed E-state index contributed by atoms with van der Waals surface area (Å²) in [5, 5.41) is 3.57. The Bertz CT molecular complexity index is 1210. The number of aromatic nitrogens is 3. The number of benzene rings is 2. The highest BCUT2D eigenvalue weighted by Crippen LogP contribution is 2.32. The Hall–Kier alpha value is -2.78. The zero-order valence-electron chi connectivity index (χ0n) is 13.6. The van der Waals surface area contributed by atoms with Crippen LogP contribution in [-0.4, -0.2) is 20.7 Å². The van der Waals surface area contributed by atoms with Gasteiger partial charge in [-0.2, -0.15) is 0 Å². The van der Waals surface area contributed by atoms with Crippen LogP contribution in [0.2, 0.25) is 10.0 Å². The fraction of sp³-hybridized carbons (Fsp3) is 0.0588. The van der Waals surface area contributed by atoms with E-state index in [1.165, 1.54) is 12.3 Å². The molecular formula is C17H8Cl2F4N4O. The van der Waals surface area contributed by atoms with Gasteiger partial charge in [0.2, 0.25) is 0 Å². The summed E-state index contributed by atoms with van der Waals surface area (Å²) in [6.07, 6.45) is -1.81. The average Bonchev–Trinajstić information content (AvgIpc) is 3.05. The number of imidazole rings is 1. The second-order valence-corrected chi connectivity index (χ2v) is 6.50. The molecule has 11 heteroatoms. The SMILES string of the molecule is Fc1cc(Nc2nc3cc(Cl)cc(Cl)c3n3ccnc23)ccc1OC(F)(F)F. The van der Waals surface area contributed by atoms with Crippen LogP contribution in [0, 0.1) is 5.82 Å². The Morgan fingerprint density at radius 3 is 2.61 bits per heavy atom. The zero-order chi connectivity index (χ0) is 20.1. The van der Waals surface area contributed by atoms with Crippen molar-refractivity contribution in [1.82, 2.24) is 14.4 Å². The van der Waals surface area contributed by atoms with Crippen molar-refractivity contribution in [1.29, 1.82) is 0 Å². The van der Waals surface area contributed by atoms with Gasteiger partial charge in [0.05, 0.1) is 16.1 Å². The van der Waals surface area contributed by atoms with E-state index in [0.717, 1.165) is 12.1 Å². The third kappa shape index (κ3) is 3.50. The molecule has 0 aliphatic heterocycles. The van der Waals surface area contributed by atoms with Gasteiger partial charge in [-0.25, -0.2) is 14.4 Å². The fourth-order valence-corrected chi connectivity index (χ4v) is 3.29. The Labute approximate surface area is 164 Å². The minimum atomic E-state index is -4.99. The zero-order valence-corrected chi connectivity index (χ0v) is 15.1. The third-order valence-corrected chi connectivity index (χ3v) is 4.26. The van der Waals surface area contributed by atoms with E-state index < -0.39 is 17.9 Å². The van der Waals surface area contributed by atoms with Crippen molar-refractivity contribution in [3.05, 3.63) is 58.6 Å². The first-order chi connectivity index (χ1) is 13.2. The van der Waals surface area contributed by atoms with Gasteiger partial charge in [-0.1, -0.05) is 23.2 Å². The van der Waals surface area contributed by atoms with Gasteiger partial charge in [0.15, 0.2) is 23.0 Å². The third-order valence-electron chi connectivity index (χ3n) is 3.75. The molecule has 0 saturated carbocycles. The maximum absolute atomic E-state index is 14.0. The first kappa shape index (κ1) is 18.6. The molecule has 4 aromatic rings. The van der Waals surface area contributed by atoms with Crippen molar-refractivity contribution >= 4 is 51.4 Å². The van der Waals surface area contributed by atoms with Crippen molar-refractivity contribution in [2.45, 2.75) is 6.36 Å². The molecule has 144 valence electrons. The summed E-state index contributed by atoms with van der Waals surface area (Å²) in [6.45, 7) is 0. The number of ether oxygens (including phenoxy) is 1. The van der Waals surface area contributed by atoms with Gasteiger partial charge < -0.3 is 10.1 Å². The molecule has 0 saturated heterocycles. The van der Waals surface area contributed by atoms with Crippen LogP contribution in [0.15, 0.2) is 42.7 Å². The van der Waals surface area contributed by atoms with E-state index in [0.29, 0.717) is 26.7 Å². The van der Waals surface area contributed by atoms with Crippen LogP contribution >= 0.6 is 23.2 Å². The molecule has 0 spiro atoms. The Kier molecular flexibility index (Phi) is 4.43. The highest BCUT2D eigenvalue weighted by molar-refractivity contribution is 6.38. The van der Waals surface area contributed by atoms with Gasteiger partial charge in [0, 0.05) is 29.2 Å². The summed E-state index contributed by atoms with van der Waals surface area (Å²) in [6, 6.07) is 6.10. The highest BCUT2D eigenvalue weighted by Gasteiger charge is 2.32. The molecule has 2 aromatic heterocycles. The molecule has 28 heavy (non-hydrogen) atoms. The topological polar surface area (TPSA) is 51.5 Å². The molecule has 0 aliphatic carbocycles. The average molecular weight is 431 g/mol. The molecule has 0 aliphatic rings. The Morgan fingerprint density at radius 1 is 1.11 bits per heavy atom. The van der Waals surface area contributed by atoms with Crippen LogP contribution in [0.25, 0.3) is 16.7 Å². The maximum atomic E-state index is 14.0. The van der Waals surface area contributed by atoms with E-state index in [1.54, 1.807) is 22.7 Å². The first-order valence-corrected chi connectivity index (χ1v) is 8.41. The van der Waals surface area contributed by atoms with Crippen LogP contribution in [0.1, 0.15) is 0 Å². The van der Waals surface area contributed by atoms with Crippen LogP contribution in [0.3, 0.4) is 0 Å². The maximum Gasteiger partial charge on any atom is 0.573 e. The summed E-state index contributed by atoms with van der Waals surface area (Å²) >= 11 is 12.3. The van der Waals surface area contributed by atoms with E-state index in [9.17, 15) is 17.6 Å². The summed E-state index contributed by atoms with van der Waals surface area (Å²) in [7, 11) is 0. The van der Waals surface area contributed by atoms with E-state index >= 15 is 0 Å². The number of hydrogen-bond donors (Lipinski definition) is 1. The van der Waals surface area contributed by atoms with Gasteiger partial charge in [-0.05, 0) is 24.3 Å². The molecular weight excluding hydrogens is 423 g/mol. The first-order valence-electron chi connectivity index (χ1n) is 7.65. The van der Waals surface area contributed by atoms with Crippen LogP contribution in [-0.2, 0) is 0 Å². The van der Waals surface area contributed by atoms with Crippen molar-refractivity contribution < 1.29 is 22.3 Å². The van der Waals surface area contributed by atoms with Crippen molar-refractivity contribution in [3.8, 4) is 5.75 Å². The molecule has 0 unspecified atom stereocenters. The number of fused-ring (bicyclic) bond motifs is 3. The molecule has 1 N–H and O–H groups in total. The highest BCUT2D eigenvalue weighted by atomic mass is 35.5. The lowest BCUT2D eigenvalue weighted by atomic mass is 10.2. The molecule has 0 fully saturated rings. The molecule has 0 bridgehead atoms. The predicted octanol–water partition coefficient (Wildman–Crippen LogP) is 5.97. The number of rotatable bonds is 3. The van der Waals surface area contributed by atoms with Crippen molar-refractivity contribution in [2.75, 3.05) is 5.32 Å². The van der Waals surface area contributed by atoms with E-state index in [2.05, 4.69) is 20.0 Å². The lowest BCUT2D eigenvalue weighted by Gasteiger charge is -2.13.